The molecule has 3 saturated heterocycles. The molecule has 3 aliphatic rings. The van der Waals surface area contributed by atoms with Crippen LogP contribution in [-0.2, 0) is 9.59 Å². The Bertz CT molecular complexity index is 375. The number of carbonyl (C=O) groups is 2. The van der Waals surface area contributed by atoms with Gasteiger partial charge in [0.15, 0.2) is 0 Å². The van der Waals surface area contributed by atoms with Crippen LogP contribution < -0.4 is 5.32 Å². The molecule has 0 saturated carbocycles. The Kier molecular flexibility index (Phi) is 4.78. The summed E-state index contributed by atoms with van der Waals surface area (Å²) < 4.78 is 0. The molecule has 1 N–H and O–H groups in total. The Morgan fingerprint density at radius 1 is 1.10 bits per heavy atom. The van der Waals surface area contributed by atoms with Gasteiger partial charge in [0, 0.05) is 32.6 Å². The Hall–Kier alpha value is -1.10. The van der Waals surface area contributed by atoms with Gasteiger partial charge in [-0.25, -0.2) is 0 Å². The van der Waals surface area contributed by atoms with Crippen molar-refractivity contribution in [3.05, 3.63) is 0 Å². The summed E-state index contributed by atoms with van der Waals surface area (Å²) in [7, 11) is 0. The van der Waals surface area contributed by atoms with E-state index < -0.39 is 0 Å². The summed E-state index contributed by atoms with van der Waals surface area (Å²) in [4.78, 5) is 28.3. The molecule has 0 radical (unpaired) electrons. The molecule has 0 aromatic carbocycles. The van der Waals surface area contributed by atoms with E-state index in [2.05, 4.69) is 10.2 Å². The third-order valence-corrected chi connectivity index (χ3v) is 5.26. The highest BCUT2D eigenvalue weighted by Crippen LogP contribution is 2.23. The zero-order valence-electron chi connectivity index (χ0n) is 12.9. The highest BCUT2D eigenvalue weighted by atomic mass is 16.2. The second kappa shape index (κ2) is 6.77. The van der Waals surface area contributed by atoms with E-state index in [9.17, 15) is 9.59 Å². The molecule has 5 heteroatoms. The average molecular weight is 293 g/mol. The maximum atomic E-state index is 12.5. The summed E-state index contributed by atoms with van der Waals surface area (Å²) >= 11 is 0. The van der Waals surface area contributed by atoms with Crippen molar-refractivity contribution >= 4 is 11.8 Å². The quantitative estimate of drug-likeness (QED) is 0.839. The molecule has 0 spiro atoms. The molecule has 0 aromatic heterocycles. The number of likely N-dealkylation sites (tertiary alicyclic amines) is 2. The summed E-state index contributed by atoms with van der Waals surface area (Å²) in [6, 6.07) is 0. The predicted molar refractivity (Wildman–Crippen MR) is 80.7 cm³/mol. The Balaban J connectivity index is 1.42. The fraction of sp³-hybridized carbons (Fsp3) is 0.875. The second-order valence-electron chi connectivity index (χ2n) is 6.82. The highest BCUT2D eigenvalue weighted by Gasteiger charge is 2.31. The van der Waals surface area contributed by atoms with E-state index in [1.807, 2.05) is 4.90 Å². The largest absolute Gasteiger partial charge is 0.355 e. The summed E-state index contributed by atoms with van der Waals surface area (Å²) in [6.07, 6.45) is 6.21. The van der Waals surface area contributed by atoms with E-state index in [4.69, 9.17) is 0 Å². The molecule has 3 fully saturated rings. The van der Waals surface area contributed by atoms with Crippen LogP contribution in [0.4, 0.5) is 0 Å². The van der Waals surface area contributed by atoms with E-state index in [0.717, 1.165) is 38.3 Å². The van der Waals surface area contributed by atoms with Crippen molar-refractivity contribution in [2.24, 2.45) is 11.8 Å². The first kappa shape index (κ1) is 14.8. The zero-order chi connectivity index (χ0) is 14.7. The van der Waals surface area contributed by atoms with Gasteiger partial charge in [0.05, 0.1) is 5.92 Å². The minimum absolute atomic E-state index is 0.0119. The molecule has 0 aromatic rings. The van der Waals surface area contributed by atoms with Gasteiger partial charge in [0.2, 0.25) is 11.8 Å². The smallest absolute Gasteiger partial charge is 0.227 e. The van der Waals surface area contributed by atoms with Crippen LogP contribution in [-0.4, -0.2) is 60.9 Å². The zero-order valence-corrected chi connectivity index (χ0v) is 12.9. The van der Waals surface area contributed by atoms with E-state index in [-0.39, 0.29) is 17.7 Å². The molecule has 2 amide bonds. The second-order valence-corrected chi connectivity index (χ2v) is 6.82. The summed E-state index contributed by atoms with van der Waals surface area (Å²) in [6.45, 7) is 6.10. The maximum Gasteiger partial charge on any atom is 0.227 e. The number of hydrogen-bond acceptors (Lipinski definition) is 3. The van der Waals surface area contributed by atoms with Gasteiger partial charge in [-0.1, -0.05) is 0 Å². The Morgan fingerprint density at radius 3 is 2.43 bits per heavy atom. The standard InChI is InChI=1S/C16H27N3O2/c20-15-4-3-14(11-17-15)16(21)19-9-5-13(6-10-19)12-18-7-1-2-8-18/h13-14H,1-12H2,(H,17,20). The predicted octanol–water partition coefficient (Wildman–Crippen LogP) is 0.847. The van der Waals surface area contributed by atoms with Crippen molar-refractivity contribution in [1.29, 1.82) is 0 Å². The van der Waals surface area contributed by atoms with Crippen molar-refractivity contribution < 1.29 is 9.59 Å². The van der Waals surface area contributed by atoms with Gasteiger partial charge < -0.3 is 15.1 Å². The molecular formula is C16H27N3O2. The normalized spacial score (nSPS) is 28.7. The lowest BCUT2D eigenvalue weighted by atomic mass is 9.93. The van der Waals surface area contributed by atoms with Crippen LogP contribution in [0.1, 0.15) is 38.5 Å². The first-order valence-corrected chi connectivity index (χ1v) is 8.50. The molecule has 1 unspecified atom stereocenters. The van der Waals surface area contributed by atoms with Crippen LogP contribution in [0, 0.1) is 11.8 Å². The van der Waals surface area contributed by atoms with Crippen molar-refractivity contribution in [3.63, 3.8) is 0 Å². The van der Waals surface area contributed by atoms with Gasteiger partial charge >= 0.3 is 0 Å². The van der Waals surface area contributed by atoms with Crippen molar-refractivity contribution in [3.8, 4) is 0 Å². The van der Waals surface area contributed by atoms with Gasteiger partial charge in [-0.3, -0.25) is 9.59 Å². The van der Waals surface area contributed by atoms with Crippen LogP contribution in [0.15, 0.2) is 0 Å². The fourth-order valence-corrected chi connectivity index (χ4v) is 3.87. The number of piperidine rings is 2. The minimum Gasteiger partial charge on any atom is -0.355 e. The van der Waals surface area contributed by atoms with Crippen LogP contribution in [0.25, 0.3) is 0 Å². The van der Waals surface area contributed by atoms with Crippen LogP contribution in [0.3, 0.4) is 0 Å². The van der Waals surface area contributed by atoms with Crippen LogP contribution in [0.2, 0.25) is 0 Å². The lowest BCUT2D eigenvalue weighted by Crippen LogP contribution is -2.48. The molecule has 3 heterocycles. The van der Waals surface area contributed by atoms with E-state index in [1.54, 1.807) is 0 Å². The van der Waals surface area contributed by atoms with Crippen molar-refractivity contribution in [1.82, 2.24) is 15.1 Å². The lowest BCUT2D eigenvalue weighted by Gasteiger charge is -2.36. The molecule has 3 rings (SSSR count). The SMILES string of the molecule is O=C1CCC(C(=O)N2CCC(CN3CCCC3)CC2)CN1. The Morgan fingerprint density at radius 2 is 1.81 bits per heavy atom. The van der Waals surface area contributed by atoms with Crippen LogP contribution >= 0.6 is 0 Å². The van der Waals surface area contributed by atoms with Gasteiger partial charge in [-0.15, -0.1) is 0 Å². The molecule has 118 valence electrons. The van der Waals surface area contributed by atoms with Gasteiger partial charge in [0.25, 0.3) is 0 Å². The molecule has 3 aliphatic heterocycles. The van der Waals surface area contributed by atoms with Crippen molar-refractivity contribution in [2.45, 2.75) is 38.5 Å². The maximum absolute atomic E-state index is 12.5. The van der Waals surface area contributed by atoms with E-state index in [1.165, 1.54) is 32.5 Å². The molecule has 0 aliphatic carbocycles. The van der Waals surface area contributed by atoms with Gasteiger partial charge in [-0.05, 0) is 51.1 Å². The molecule has 1 atom stereocenters. The summed E-state index contributed by atoms with van der Waals surface area (Å²) in [5.74, 6) is 1.12. The monoisotopic (exact) mass is 293 g/mol. The first-order chi connectivity index (χ1) is 10.2. The molecule has 21 heavy (non-hydrogen) atoms. The molecular weight excluding hydrogens is 266 g/mol. The topological polar surface area (TPSA) is 52.7 Å². The van der Waals surface area contributed by atoms with E-state index >= 15 is 0 Å². The van der Waals surface area contributed by atoms with Gasteiger partial charge in [-0.2, -0.15) is 0 Å². The number of nitrogens with zero attached hydrogens (tertiary/aromatic N) is 2. The first-order valence-electron chi connectivity index (χ1n) is 8.50. The minimum atomic E-state index is 0.0119. The third-order valence-electron chi connectivity index (χ3n) is 5.26. The third kappa shape index (κ3) is 3.76. The number of carbonyl (C=O) groups excluding carboxylic acids is 2. The number of amides is 2. The summed E-state index contributed by atoms with van der Waals surface area (Å²) in [5, 5.41) is 2.82. The van der Waals surface area contributed by atoms with Crippen LogP contribution in [0.5, 0.6) is 0 Å². The fourth-order valence-electron chi connectivity index (χ4n) is 3.87. The van der Waals surface area contributed by atoms with Crippen molar-refractivity contribution in [2.75, 3.05) is 39.3 Å². The number of nitrogens with one attached hydrogen (secondary N) is 1. The van der Waals surface area contributed by atoms with E-state index in [0.29, 0.717) is 13.0 Å². The molecule has 0 bridgehead atoms. The Labute approximate surface area is 127 Å². The molecule has 5 nitrogen and oxygen atoms in total. The summed E-state index contributed by atoms with van der Waals surface area (Å²) in [5.41, 5.74) is 0. The van der Waals surface area contributed by atoms with Gasteiger partial charge in [0.1, 0.15) is 0 Å². The average Bonchev–Trinajstić information content (AvgIpc) is 3.01. The number of hydrogen-bond donors (Lipinski definition) is 1. The lowest BCUT2D eigenvalue weighted by molar-refractivity contribution is -0.138. The number of rotatable bonds is 3. The highest BCUT2D eigenvalue weighted by molar-refractivity contribution is 5.83.